The summed E-state index contributed by atoms with van der Waals surface area (Å²) in [6.45, 7) is 0.352. The van der Waals surface area contributed by atoms with Gasteiger partial charge in [0.1, 0.15) is 5.69 Å². The van der Waals surface area contributed by atoms with Crippen LogP contribution < -0.4 is 5.73 Å². The number of carboxylic acid groups (broad SMARTS) is 1. The maximum atomic E-state index is 11.7. The molecule has 0 atom stereocenters. The number of hydrogen-bond donors (Lipinski definition) is 2. The van der Waals surface area contributed by atoms with Crippen LogP contribution in [0.5, 0.6) is 0 Å². The Morgan fingerprint density at radius 1 is 1.29 bits per heavy atom. The van der Waals surface area contributed by atoms with Crippen LogP contribution in [0.4, 0.5) is 5.69 Å². The molecule has 2 aromatic rings. The predicted molar refractivity (Wildman–Crippen MR) is 77.1 cm³/mol. The van der Waals surface area contributed by atoms with Crippen LogP contribution >= 0.6 is 0 Å². The molecule has 0 spiro atoms. The number of carbonyl (C=O) groups excluding carboxylic acids is 1. The number of benzene rings is 1. The van der Waals surface area contributed by atoms with E-state index in [0.717, 1.165) is 5.56 Å². The fourth-order valence-corrected chi connectivity index (χ4v) is 2.17. The SMILES string of the molecule is COC(=O)c1cc(N)cn1Cc1ccccc1CC(=O)O. The van der Waals surface area contributed by atoms with Crippen LogP contribution in [0.15, 0.2) is 36.5 Å². The van der Waals surface area contributed by atoms with Gasteiger partial charge in [0.25, 0.3) is 0 Å². The minimum atomic E-state index is -0.900. The molecule has 3 N–H and O–H groups in total. The molecule has 0 aliphatic rings. The van der Waals surface area contributed by atoms with Gasteiger partial charge in [0, 0.05) is 12.7 Å². The highest BCUT2D eigenvalue weighted by atomic mass is 16.5. The van der Waals surface area contributed by atoms with Crippen LogP contribution in [-0.4, -0.2) is 28.7 Å². The summed E-state index contributed by atoms with van der Waals surface area (Å²) in [5, 5.41) is 8.94. The van der Waals surface area contributed by atoms with E-state index in [1.54, 1.807) is 22.9 Å². The summed E-state index contributed by atoms with van der Waals surface area (Å²) in [5.41, 5.74) is 8.03. The summed E-state index contributed by atoms with van der Waals surface area (Å²) in [5.74, 6) is -1.38. The van der Waals surface area contributed by atoms with Gasteiger partial charge in [0.05, 0.1) is 19.2 Å². The van der Waals surface area contributed by atoms with Crippen LogP contribution in [-0.2, 0) is 22.5 Å². The molecule has 0 bridgehead atoms. The van der Waals surface area contributed by atoms with E-state index in [1.807, 2.05) is 12.1 Å². The van der Waals surface area contributed by atoms with Crippen molar-refractivity contribution in [3.8, 4) is 0 Å². The number of carbonyl (C=O) groups is 2. The Morgan fingerprint density at radius 2 is 1.95 bits per heavy atom. The van der Waals surface area contributed by atoms with E-state index in [-0.39, 0.29) is 6.42 Å². The van der Waals surface area contributed by atoms with Gasteiger partial charge in [-0.2, -0.15) is 0 Å². The smallest absolute Gasteiger partial charge is 0.354 e. The Hall–Kier alpha value is -2.76. The lowest BCUT2D eigenvalue weighted by molar-refractivity contribution is -0.136. The second kappa shape index (κ2) is 6.13. The maximum Gasteiger partial charge on any atom is 0.354 e. The van der Waals surface area contributed by atoms with Crippen molar-refractivity contribution in [1.29, 1.82) is 0 Å². The molecule has 0 saturated heterocycles. The number of carboxylic acids is 1. The zero-order valence-corrected chi connectivity index (χ0v) is 11.6. The number of nitrogen functional groups attached to an aromatic ring is 1. The summed E-state index contributed by atoms with van der Waals surface area (Å²) >= 11 is 0. The van der Waals surface area contributed by atoms with Crippen LogP contribution in [0.2, 0.25) is 0 Å². The predicted octanol–water partition coefficient (Wildman–Crippen LogP) is 1.53. The number of methoxy groups -OCH3 is 1. The van der Waals surface area contributed by atoms with Crippen molar-refractivity contribution in [2.24, 2.45) is 0 Å². The monoisotopic (exact) mass is 288 g/mol. The topological polar surface area (TPSA) is 94.5 Å². The molecule has 1 aromatic carbocycles. The Labute approximate surface area is 121 Å². The first-order valence-corrected chi connectivity index (χ1v) is 6.33. The van der Waals surface area contributed by atoms with Gasteiger partial charge in [-0.1, -0.05) is 24.3 Å². The van der Waals surface area contributed by atoms with Crippen LogP contribution in [0.1, 0.15) is 21.6 Å². The third kappa shape index (κ3) is 3.42. The molecule has 0 radical (unpaired) electrons. The molecule has 2 rings (SSSR count). The van der Waals surface area contributed by atoms with E-state index >= 15 is 0 Å². The average molecular weight is 288 g/mol. The fraction of sp³-hybridized carbons (Fsp3) is 0.200. The van der Waals surface area contributed by atoms with E-state index in [9.17, 15) is 9.59 Å². The number of hydrogen-bond acceptors (Lipinski definition) is 4. The van der Waals surface area contributed by atoms with Crippen molar-refractivity contribution in [2.45, 2.75) is 13.0 Å². The van der Waals surface area contributed by atoms with Crippen molar-refractivity contribution in [1.82, 2.24) is 4.57 Å². The Morgan fingerprint density at radius 3 is 2.57 bits per heavy atom. The number of ether oxygens (including phenoxy) is 1. The quantitative estimate of drug-likeness (QED) is 0.814. The highest BCUT2D eigenvalue weighted by Gasteiger charge is 2.15. The van der Waals surface area contributed by atoms with Gasteiger partial charge < -0.3 is 20.1 Å². The second-order valence-corrected chi connectivity index (χ2v) is 4.62. The molecule has 0 amide bonds. The molecule has 0 fully saturated rings. The van der Waals surface area contributed by atoms with Gasteiger partial charge in [-0.3, -0.25) is 4.79 Å². The van der Waals surface area contributed by atoms with Crippen LogP contribution in [0.3, 0.4) is 0 Å². The number of nitrogens with zero attached hydrogens (tertiary/aromatic N) is 1. The standard InChI is InChI=1S/C15H16N2O4/c1-21-15(20)13-7-12(16)9-17(13)8-11-5-3-2-4-10(11)6-14(18)19/h2-5,7,9H,6,8,16H2,1H3,(H,18,19). The maximum absolute atomic E-state index is 11.7. The minimum Gasteiger partial charge on any atom is -0.481 e. The van der Waals surface area contributed by atoms with Crippen LogP contribution in [0.25, 0.3) is 0 Å². The highest BCUT2D eigenvalue weighted by Crippen LogP contribution is 2.17. The highest BCUT2D eigenvalue weighted by molar-refractivity contribution is 5.89. The van der Waals surface area contributed by atoms with Crippen molar-refractivity contribution < 1.29 is 19.4 Å². The summed E-state index contributed by atoms with van der Waals surface area (Å²) in [6, 6.07) is 8.73. The first-order chi connectivity index (χ1) is 10.0. The number of rotatable bonds is 5. The van der Waals surface area contributed by atoms with Gasteiger partial charge in [-0.15, -0.1) is 0 Å². The lowest BCUT2D eigenvalue weighted by atomic mass is 10.0. The Bertz CT molecular complexity index is 676. The van der Waals surface area contributed by atoms with Crippen LogP contribution in [0, 0.1) is 0 Å². The second-order valence-electron chi connectivity index (χ2n) is 4.62. The Balaban J connectivity index is 2.34. The van der Waals surface area contributed by atoms with Gasteiger partial charge in [-0.25, -0.2) is 4.79 Å². The number of esters is 1. The third-order valence-electron chi connectivity index (χ3n) is 3.11. The number of anilines is 1. The molecular weight excluding hydrogens is 272 g/mol. The molecule has 0 aliphatic heterocycles. The summed E-state index contributed by atoms with van der Waals surface area (Å²) in [7, 11) is 1.30. The minimum absolute atomic E-state index is 0.0690. The first kappa shape index (κ1) is 14.6. The number of nitrogens with two attached hydrogens (primary N) is 1. The zero-order chi connectivity index (χ0) is 15.4. The molecule has 1 heterocycles. The molecule has 6 heteroatoms. The lowest BCUT2D eigenvalue weighted by Crippen LogP contribution is -2.12. The molecule has 110 valence electrons. The Kier molecular flexibility index (Phi) is 4.27. The molecule has 21 heavy (non-hydrogen) atoms. The molecular formula is C15H16N2O4. The normalized spacial score (nSPS) is 10.3. The summed E-state index contributed by atoms with van der Waals surface area (Å²) < 4.78 is 6.37. The van der Waals surface area contributed by atoms with Gasteiger partial charge >= 0.3 is 11.9 Å². The largest absolute Gasteiger partial charge is 0.481 e. The third-order valence-corrected chi connectivity index (χ3v) is 3.11. The average Bonchev–Trinajstić information content (AvgIpc) is 2.80. The van der Waals surface area contributed by atoms with Gasteiger partial charge in [0.2, 0.25) is 0 Å². The van der Waals surface area contributed by atoms with E-state index in [1.165, 1.54) is 13.2 Å². The van der Waals surface area contributed by atoms with Crippen molar-refractivity contribution in [3.63, 3.8) is 0 Å². The van der Waals surface area contributed by atoms with E-state index in [4.69, 9.17) is 15.6 Å². The molecule has 0 unspecified atom stereocenters. The van der Waals surface area contributed by atoms with E-state index < -0.39 is 11.9 Å². The summed E-state index contributed by atoms with van der Waals surface area (Å²) in [6.07, 6.45) is 1.56. The summed E-state index contributed by atoms with van der Waals surface area (Å²) in [4.78, 5) is 22.6. The van der Waals surface area contributed by atoms with Crippen molar-refractivity contribution in [2.75, 3.05) is 12.8 Å². The molecule has 1 aromatic heterocycles. The molecule has 0 saturated carbocycles. The van der Waals surface area contributed by atoms with Crippen molar-refractivity contribution in [3.05, 3.63) is 53.3 Å². The number of aliphatic carboxylic acids is 1. The van der Waals surface area contributed by atoms with Gasteiger partial charge in [-0.05, 0) is 17.2 Å². The lowest BCUT2D eigenvalue weighted by Gasteiger charge is -2.11. The van der Waals surface area contributed by atoms with Gasteiger partial charge in [0.15, 0.2) is 0 Å². The molecule has 6 nitrogen and oxygen atoms in total. The first-order valence-electron chi connectivity index (χ1n) is 6.33. The van der Waals surface area contributed by atoms with E-state index in [0.29, 0.717) is 23.5 Å². The van der Waals surface area contributed by atoms with E-state index in [2.05, 4.69) is 0 Å². The fourth-order valence-electron chi connectivity index (χ4n) is 2.17. The zero-order valence-electron chi connectivity index (χ0n) is 11.6. The van der Waals surface area contributed by atoms with Crippen molar-refractivity contribution >= 4 is 17.6 Å². The number of aromatic nitrogens is 1. The molecule has 0 aliphatic carbocycles.